The largest absolute Gasteiger partial charge is 0.481 e. The van der Waals surface area contributed by atoms with Crippen LogP contribution in [0.4, 0.5) is 0 Å². The zero-order valence-electron chi connectivity index (χ0n) is 47.1. The molecule has 0 fully saturated rings. The molecule has 0 bridgehead atoms. The normalized spacial score (nSPS) is 14.9. The number of imidazole rings is 2. The number of thioether (sulfide) groups is 2. The predicted octanol–water partition coefficient (Wildman–Crippen LogP) is -1.12. The number of primary amides is 1. The lowest BCUT2D eigenvalue weighted by Crippen LogP contribution is -2.61. The number of carbonyl (C=O) groups is 11. The van der Waals surface area contributed by atoms with Crippen LogP contribution >= 0.6 is 23.5 Å². The first-order chi connectivity index (χ1) is 39.4. The summed E-state index contributed by atoms with van der Waals surface area (Å²) in [6, 6.07) is -5.60. The van der Waals surface area contributed by atoms with E-state index >= 15 is 0 Å². The molecule has 0 saturated carbocycles. The molecule has 4 aromatic rings. The Hall–Kier alpha value is -7.99. The zero-order valence-corrected chi connectivity index (χ0v) is 48.7. The van der Waals surface area contributed by atoms with Crippen molar-refractivity contribution >= 4 is 99.5 Å². The second-order valence-corrected chi connectivity index (χ2v) is 22.3. The van der Waals surface area contributed by atoms with Crippen LogP contribution in [0.25, 0.3) is 10.9 Å². The van der Waals surface area contributed by atoms with Gasteiger partial charge in [0.2, 0.25) is 53.2 Å². The third-order valence-corrected chi connectivity index (χ3v) is 14.6. The Morgan fingerprint density at radius 3 is 1.48 bits per heavy atom. The first kappa shape index (κ1) is 67.5. The summed E-state index contributed by atoms with van der Waals surface area (Å²) in [6.45, 7) is 6.82. The Bertz CT molecular complexity index is 2830. The Kier molecular flexibility index (Phi) is 27.5. The fourth-order valence-electron chi connectivity index (χ4n) is 8.64. The van der Waals surface area contributed by atoms with Gasteiger partial charge in [-0.2, -0.15) is 23.5 Å². The molecule has 9 amide bonds. The highest BCUT2D eigenvalue weighted by Gasteiger charge is 2.37. The van der Waals surface area contributed by atoms with Crippen LogP contribution in [0.2, 0.25) is 0 Å². The minimum atomic E-state index is -1.84. The van der Waals surface area contributed by atoms with Crippen LogP contribution in [0, 0.1) is 11.8 Å². The number of para-hydroxylation sites is 1. The van der Waals surface area contributed by atoms with E-state index in [1.807, 2.05) is 30.5 Å². The average molecular weight is 1200 g/mol. The Balaban J connectivity index is 1.56. The molecule has 10 atom stereocenters. The van der Waals surface area contributed by atoms with Crippen LogP contribution in [0.15, 0.2) is 55.5 Å². The van der Waals surface area contributed by atoms with Gasteiger partial charge in [-0.1, -0.05) is 52.3 Å². The number of carboxylic acids is 2. The molecule has 0 radical (unpaired) electrons. The fourth-order valence-corrected chi connectivity index (χ4v) is 9.58. The number of benzene rings is 1. The van der Waals surface area contributed by atoms with E-state index in [0.29, 0.717) is 23.6 Å². The molecular formula is C53H77N15O13S2. The number of fused-ring (bicyclic) bond motifs is 1. The van der Waals surface area contributed by atoms with Crippen molar-refractivity contribution in [1.82, 2.24) is 67.5 Å². The summed E-state index contributed by atoms with van der Waals surface area (Å²) < 4.78 is 0. The summed E-state index contributed by atoms with van der Waals surface area (Å²) in [5.41, 5.74) is 14.3. The number of H-pyrrole nitrogens is 3. The summed E-state index contributed by atoms with van der Waals surface area (Å²) in [7, 11) is 0. The summed E-state index contributed by atoms with van der Waals surface area (Å²) in [5.74, 6) is -11.5. The number of carbonyl (C=O) groups excluding carboxylic acids is 9. The molecule has 3 aromatic heterocycles. The lowest BCUT2D eigenvalue weighted by atomic mass is 9.97. The van der Waals surface area contributed by atoms with Gasteiger partial charge in [-0.3, -0.25) is 47.9 Å². The summed E-state index contributed by atoms with van der Waals surface area (Å²) in [5, 5.41) is 40.7. The molecule has 3 heterocycles. The maximum absolute atomic E-state index is 14.5. The molecule has 1 aromatic carbocycles. The Morgan fingerprint density at radius 1 is 0.578 bits per heavy atom. The standard InChI is InChI=1S/C53H77N15O13S2/c1-7-28(4)44(53(80)81)68-52(79)37(16-27(2)3)63-51(78)41(21-43(70)71)67-47(74)36(13-15-83-6)62-50(77)40(20-42(55)69)66-49(76)39(19-31-24-57-26-60-31)65-48(75)38(18-30-23-56-25-59-30)64-46(73)35(12-14-82-5)61-45(72)33(54)17-29-22-58-34-11-9-8-10-32(29)34/h8-11,22-28,33,35-41,44,58H,7,12-21,54H2,1-6H3,(H2,55,69)(H,56,59)(H,57,60)(H,61,72)(H,62,77)(H,63,78)(H,64,73)(H,65,75)(H,66,76)(H,67,74)(H,68,79)(H,70,71)(H,80,81)/t28-,33-,35-,36-,37-,38-,39-,40-,41-,44-/m0/s1. The van der Waals surface area contributed by atoms with Crippen LogP contribution < -0.4 is 54.0 Å². The molecule has 0 aliphatic heterocycles. The minimum Gasteiger partial charge on any atom is -0.481 e. The SMILES string of the molecule is CC[C@H](C)[C@H](NC(=O)[C@H](CC(C)C)NC(=O)[C@H](CC(=O)O)NC(=O)[C@H](CCSC)NC(=O)[C@H](CC(N)=O)NC(=O)[C@H](Cc1cnc[nH]1)NC(=O)[C@H](Cc1cnc[nH]1)NC(=O)[C@H](CCSC)NC(=O)[C@@H](N)Cc1c[nH]c2ccccc12)C(=O)O. The number of hydrogen-bond acceptors (Lipinski definition) is 16. The highest BCUT2D eigenvalue weighted by Crippen LogP contribution is 2.19. The van der Waals surface area contributed by atoms with Crippen molar-refractivity contribution in [1.29, 1.82) is 0 Å². The maximum atomic E-state index is 14.5. The molecular weight excluding hydrogens is 1120 g/mol. The number of hydrogen-bond donors (Lipinski definition) is 15. The molecule has 0 aliphatic carbocycles. The van der Waals surface area contributed by atoms with Crippen molar-refractivity contribution in [3.63, 3.8) is 0 Å². The number of carboxylic acid groups (broad SMARTS) is 2. The van der Waals surface area contributed by atoms with E-state index < -0.39 is 138 Å². The van der Waals surface area contributed by atoms with Gasteiger partial charge in [-0.05, 0) is 73.2 Å². The highest BCUT2D eigenvalue weighted by atomic mass is 32.2. The molecule has 0 unspecified atom stereocenters. The van der Waals surface area contributed by atoms with Crippen molar-refractivity contribution in [3.05, 3.63) is 72.5 Å². The second-order valence-electron chi connectivity index (χ2n) is 20.3. The van der Waals surface area contributed by atoms with E-state index in [2.05, 4.69) is 67.5 Å². The first-order valence-corrected chi connectivity index (χ1v) is 29.6. The van der Waals surface area contributed by atoms with Gasteiger partial charge in [0.05, 0.1) is 31.5 Å². The average Bonchev–Trinajstić information content (AvgIpc) is 4.32. The number of aliphatic carboxylic acids is 2. The molecule has 0 aliphatic rings. The van der Waals surface area contributed by atoms with Gasteiger partial charge in [-0.25, -0.2) is 14.8 Å². The fraction of sp³-hybridized carbons (Fsp3) is 0.528. The van der Waals surface area contributed by atoms with Crippen LogP contribution in [0.1, 0.15) is 83.2 Å². The maximum Gasteiger partial charge on any atom is 0.326 e. The van der Waals surface area contributed by atoms with Crippen molar-refractivity contribution in [3.8, 4) is 0 Å². The molecule has 454 valence electrons. The molecule has 83 heavy (non-hydrogen) atoms. The lowest BCUT2D eigenvalue weighted by molar-refractivity contribution is -0.144. The predicted molar refractivity (Wildman–Crippen MR) is 309 cm³/mol. The van der Waals surface area contributed by atoms with E-state index in [4.69, 9.17) is 11.5 Å². The van der Waals surface area contributed by atoms with Gasteiger partial charge in [0.15, 0.2) is 0 Å². The van der Waals surface area contributed by atoms with Crippen LogP contribution in [0.3, 0.4) is 0 Å². The molecule has 0 saturated heterocycles. The minimum absolute atomic E-state index is 0.00340. The number of rotatable bonds is 37. The summed E-state index contributed by atoms with van der Waals surface area (Å²) in [6.07, 6.45) is 8.91. The molecule has 30 heteroatoms. The van der Waals surface area contributed by atoms with Crippen molar-refractivity contribution in [2.75, 3.05) is 24.0 Å². The number of nitrogens with one attached hydrogen (secondary N) is 11. The van der Waals surface area contributed by atoms with Crippen molar-refractivity contribution in [2.24, 2.45) is 23.3 Å². The first-order valence-electron chi connectivity index (χ1n) is 26.8. The van der Waals surface area contributed by atoms with Gasteiger partial charge in [0, 0.05) is 53.7 Å². The highest BCUT2D eigenvalue weighted by molar-refractivity contribution is 7.98. The van der Waals surface area contributed by atoms with Gasteiger partial charge in [0.25, 0.3) is 0 Å². The Labute approximate surface area is 487 Å². The number of amides is 9. The van der Waals surface area contributed by atoms with E-state index in [0.717, 1.165) is 16.5 Å². The number of aromatic nitrogens is 5. The van der Waals surface area contributed by atoms with Gasteiger partial charge >= 0.3 is 11.9 Å². The molecule has 28 nitrogen and oxygen atoms in total. The van der Waals surface area contributed by atoms with E-state index in [1.165, 1.54) is 48.6 Å². The zero-order chi connectivity index (χ0) is 61.3. The number of nitrogens with two attached hydrogens (primary N) is 2. The number of aromatic amines is 3. The topological polar surface area (TPSA) is 450 Å². The van der Waals surface area contributed by atoms with Gasteiger partial charge in [0.1, 0.15) is 48.3 Å². The molecule has 4 rings (SSSR count). The molecule has 17 N–H and O–H groups in total. The third-order valence-electron chi connectivity index (χ3n) is 13.3. The smallest absolute Gasteiger partial charge is 0.326 e. The van der Waals surface area contributed by atoms with Crippen LogP contribution in [0.5, 0.6) is 0 Å². The van der Waals surface area contributed by atoms with Crippen molar-refractivity contribution in [2.45, 2.75) is 140 Å². The van der Waals surface area contributed by atoms with E-state index in [-0.39, 0.29) is 50.2 Å². The third kappa shape index (κ3) is 22.0. The number of nitrogens with zero attached hydrogens (tertiary/aromatic N) is 2. The monoisotopic (exact) mass is 1200 g/mol. The van der Waals surface area contributed by atoms with Gasteiger partial charge < -0.3 is 79.2 Å². The summed E-state index contributed by atoms with van der Waals surface area (Å²) in [4.78, 5) is 166. The summed E-state index contributed by atoms with van der Waals surface area (Å²) >= 11 is 2.67. The van der Waals surface area contributed by atoms with E-state index in [9.17, 15) is 63.0 Å². The van der Waals surface area contributed by atoms with Crippen molar-refractivity contribution < 1.29 is 63.0 Å². The second kappa shape index (κ2) is 33.8. The van der Waals surface area contributed by atoms with E-state index in [1.54, 1.807) is 40.1 Å². The van der Waals surface area contributed by atoms with Crippen LogP contribution in [-0.2, 0) is 72.0 Å². The van der Waals surface area contributed by atoms with Gasteiger partial charge in [-0.15, -0.1) is 0 Å². The quantitative estimate of drug-likeness (QED) is 0.0254. The van der Waals surface area contributed by atoms with Crippen LogP contribution in [-0.4, -0.2) is 179 Å². The lowest BCUT2D eigenvalue weighted by Gasteiger charge is -2.28. The Morgan fingerprint density at radius 2 is 1.02 bits per heavy atom. The molecule has 0 spiro atoms.